The maximum absolute atomic E-state index is 11.9. The van der Waals surface area contributed by atoms with Gasteiger partial charge >= 0.3 is 0 Å². The van der Waals surface area contributed by atoms with Crippen LogP contribution >= 0.6 is 0 Å². The summed E-state index contributed by atoms with van der Waals surface area (Å²) < 4.78 is 0. The standard InChI is InChI=1S/C16H21NO/c1-4-14(5-2)16(18)17-15(6-3)12-13-10-8-7-9-11-13/h4-5,7-11,15H,1,6,12H2,2-3H3,(H,17,18)/b14-5+/t15-/m1/s1. The Morgan fingerprint density at radius 2 is 2.06 bits per heavy atom. The van der Waals surface area contributed by atoms with Gasteiger partial charge in [-0.3, -0.25) is 4.79 Å². The molecule has 18 heavy (non-hydrogen) atoms. The first-order valence-electron chi connectivity index (χ1n) is 6.34. The van der Waals surface area contributed by atoms with Crippen molar-refractivity contribution in [1.82, 2.24) is 5.32 Å². The summed E-state index contributed by atoms with van der Waals surface area (Å²) in [6.45, 7) is 7.56. The van der Waals surface area contributed by atoms with E-state index in [-0.39, 0.29) is 11.9 Å². The Bertz CT molecular complexity index is 420. The first-order valence-corrected chi connectivity index (χ1v) is 6.34. The minimum atomic E-state index is -0.0460. The number of benzene rings is 1. The summed E-state index contributed by atoms with van der Waals surface area (Å²) in [5.41, 5.74) is 1.87. The predicted molar refractivity (Wildman–Crippen MR) is 76.3 cm³/mol. The molecule has 0 radical (unpaired) electrons. The SMILES string of the molecule is C=C/C(=C\C)C(=O)N[C@H](CC)Cc1ccccc1. The zero-order valence-electron chi connectivity index (χ0n) is 11.1. The zero-order chi connectivity index (χ0) is 13.4. The number of amides is 1. The number of carbonyl (C=O) groups excluding carboxylic acids is 1. The second-order valence-electron chi connectivity index (χ2n) is 4.22. The fourth-order valence-electron chi connectivity index (χ4n) is 1.81. The van der Waals surface area contributed by atoms with Crippen LogP contribution in [0.25, 0.3) is 0 Å². The van der Waals surface area contributed by atoms with Crippen LogP contribution in [0.1, 0.15) is 25.8 Å². The van der Waals surface area contributed by atoms with Crippen LogP contribution in [0, 0.1) is 0 Å². The third-order valence-corrected chi connectivity index (χ3v) is 2.95. The Kier molecular flexibility index (Phi) is 5.92. The maximum atomic E-state index is 11.9. The summed E-state index contributed by atoms with van der Waals surface area (Å²) in [5.74, 6) is -0.0460. The van der Waals surface area contributed by atoms with Crippen LogP contribution in [-0.4, -0.2) is 11.9 Å². The molecule has 96 valence electrons. The van der Waals surface area contributed by atoms with Crippen molar-refractivity contribution in [1.29, 1.82) is 0 Å². The lowest BCUT2D eigenvalue weighted by Crippen LogP contribution is -2.36. The molecular weight excluding hydrogens is 222 g/mol. The molecule has 1 atom stereocenters. The van der Waals surface area contributed by atoms with Crippen LogP contribution < -0.4 is 5.32 Å². The minimum absolute atomic E-state index is 0.0460. The van der Waals surface area contributed by atoms with E-state index in [0.717, 1.165) is 12.8 Å². The molecule has 1 N–H and O–H groups in total. The van der Waals surface area contributed by atoms with Gasteiger partial charge in [-0.25, -0.2) is 0 Å². The average molecular weight is 243 g/mol. The summed E-state index contributed by atoms with van der Waals surface area (Å²) in [6, 6.07) is 10.4. The molecule has 1 aromatic carbocycles. The van der Waals surface area contributed by atoms with Crippen molar-refractivity contribution in [2.45, 2.75) is 32.7 Å². The molecule has 0 saturated heterocycles. The lowest BCUT2D eigenvalue weighted by Gasteiger charge is -2.17. The van der Waals surface area contributed by atoms with Crippen LogP contribution in [0.15, 0.2) is 54.6 Å². The molecule has 1 rings (SSSR count). The van der Waals surface area contributed by atoms with Gasteiger partial charge in [0.1, 0.15) is 0 Å². The highest BCUT2D eigenvalue weighted by atomic mass is 16.1. The predicted octanol–water partition coefficient (Wildman–Crippen LogP) is 3.26. The molecule has 0 spiro atoms. The van der Waals surface area contributed by atoms with Crippen LogP contribution in [0.4, 0.5) is 0 Å². The van der Waals surface area contributed by atoms with Gasteiger partial charge in [0.05, 0.1) is 0 Å². The van der Waals surface area contributed by atoms with Gasteiger partial charge in [0.25, 0.3) is 5.91 Å². The molecule has 0 fully saturated rings. The molecule has 0 aromatic heterocycles. The summed E-state index contributed by atoms with van der Waals surface area (Å²) in [7, 11) is 0. The molecule has 1 aromatic rings. The first kappa shape index (κ1) is 14.2. The highest BCUT2D eigenvalue weighted by Crippen LogP contribution is 2.07. The molecular formula is C16H21NO. The molecule has 2 heteroatoms. The Hall–Kier alpha value is -1.83. The van der Waals surface area contributed by atoms with E-state index in [1.807, 2.05) is 25.1 Å². The lowest BCUT2D eigenvalue weighted by atomic mass is 10.0. The van der Waals surface area contributed by atoms with Crippen molar-refractivity contribution in [2.75, 3.05) is 0 Å². The molecule has 0 aliphatic heterocycles. The average Bonchev–Trinajstić information content (AvgIpc) is 2.40. The van der Waals surface area contributed by atoms with Gasteiger partial charge in [-0.1, -0.05) is 56.0 Å². The Morgan fingerprint density at radius 3 is 2.56 bits per heavy atom. The monoisotopic (exact) mass is 243 g/mol. The highest BCUT2D eigenvalue weighted by molar-refractivity contribution is 5.96. The second-order valence-corrected chi connectivity index (χ2v) is 4.22. The van der Waals surface area contributed by atoms with E-state index >= 15 is 0 Å². The zero-order valence-corrected chi connectivity index (χ0v) is 11.1. The molecule has 0 aliphatic rings. The smallest absolute Gasteiger partial charge is 0.251 e. The summed E-state index contributed by atoms with van der Waals surface area (Å²) >= 11 is 0. The second kappa shape index (κ2) is 7.49. The van der Waals surface area contributed by atoms with Gasteiger partial charge in [-0.05, 0) is 25.3 Å². The summed E-state index contributed by atoms with van der Waals surface area (Å²) in [6.07, 6.45) is 5.13. The Morgan fingerprint density at radius 1 is 1.39 bits per heavy atom. The largest absolute Gasteiger partial charge is 0.349 e. The van der Waals surface area contributed by atoms with E-state index in [9.17, 15) is 4.79 Å². The topological polar surface area (TPSA) is 29.1 Å². The van der Waals surface area contributed by atoms with Crippen molar-refractivity contribution < 1.29 is 4.79 Å². The summed E-state index contributed by atoms with van der Waals surface area (Å²) in [4.78, 5) is 11.9. The van der Waals surface area contributed by atoms with E-state index in [2.05, 4.69) is 31.0 Å². The number of rotatable bonds is 6. The molecule has 2 nitrogen and oxygen atoms in total. The van der Waals surface area contributed by atoms with Gasteiger partial charge < -0.3 is 5.32 Å². The number of nitrogens with one attached hydrogen (secondary N) is 1. The van der Waals surface area contributed by atoms with E-state index in [0.29, 0.717) is 5.57 Å². The fraction of sp³-hybridized carbons (Fsp3) is 0.312. The van der Waals surface area contributed by atoms with Crippen LogP contribution in [0.5, 0.6) is 0 Å². The number of allylic oxidation sites excluding steroid dienone is 1. The Balaban J connectivity index is 2.63. The van der Waals surface area contributed by atoms with Crippen molar-refractivity contribution in [2.24, 2.45) is 0 Å². The van der Waals surface area contributed by atoms with Crippen molar-refractivity contribution in [3.05, 3.63) is 60.2 Å². The van der Waals surface area contributed by atoms with Gasteiger partial charge in [0.15, 0.2) is 0 Å². The number of hydrogen-bond donors (Lipinski definition) is 1. The van der Waals surface area contributed by atoms with Crippen molar-refractivity contribution >= 4 is 5.91 Å². The third kappa shape index (κ3) is 4.21. The number of carbonyl (C=O) groups is 1. The molecule has 0 unspecified atom stereocenters. The fourth-order valence-corrected chi connectivity index (χ4v) is 1.81. The molecule has 0 heterocycles. The van der Waals surface area contributed by atoms with E-state index in [4.69, 9.17) is 0 Å². The molecule has 0 saturated carbocycles. The van der Waals surface area contributed by atoms with Gasteiger partial charge in [0.2, 0.25) is 0 Å². The molecule has 0 aliphatic carbocycles. The van der Waals surface area contributed by atoms with Gasteiger partial charge in [0, 0.05) is 11.6 Å². The van der Waals surface area contributed by atoms with Gasteiger partial charge in [-0.15, -0.1) is 0 Å². The quantitative estimate of drug-likeness (QED) is 0.603. The van der Waals surface area contributed by atoms with E-state index in [1.54, 1.807) is 12.2 Å². The molecule has 1 amide bonds. The van der Waals surface area contributed by atoms with Gasteiger partial charge in [-0.2, -0.15) is 0 Å². The van der Waals surface area contributed by atoms with E-state index in [1.165, 1.54) is 5.56 Å². The summed E-state index contributed by atoms with van der Waals surface area (Å²) in [5, 5.41) is 3.04. The third-order valence-electron chi connectivity index (χ3n) is 2.95. The minimum Gasteiger partial charge on any atom is -0.349 e. The normalized spacial score (nSPS) is 12.9. The first-order chi connectivity index (χ1) is 8.71. The number of hydrogen-bond acceptors (Lipinski definition) is 1. The Labute approximate surface area is 109 Å². The van der Waals surface area contributed by atoms with Crippen LogP contribution in [0.2, 0.25) is 0 Å². The van der Waals surface area contributed by atoms with Crippen molar-refractivity contribution in [3.63, 3.8) is 0 Å². The van der Waals surface area contributed by atoms with Crippen LogP contribution in [-0.2, 0) is 11.2 Å². The molecule has 0 bridgehead atoms. The lowest BCUT2D eigenvalue weighted by molar-refractivity contribution is -0.117. The maximum Gasteiger partial charge on any atom is 0.251 e. The van der Waals surface area contributed by atoms with Crippen LogP contribution in [0.3, 0.4) is 0 Å². The van der Waals surface area contributed by atoms with Crippen molar-refractivity contribution in [3.8, 4) is 0 Å². The highest BCUT2D eigenvalue weighted by Gasteiger charge is 2.12. The van der Waals surface area contributed by atoms with E-state index < -0.39 is 0 Å².